The monoisotopic (exact) mass is 562 g/mol. The summed E-state index contributed by atoms with van der Waals surface area (Å²) in [6.45, 7) is 5.05. The van der Waals surface area contributed by atoms with Crippen molar-refractivity contribution < 1.29 is 22.4 Å². The van der Waals surface area contributed by atoms with Gasteiger partial charge in [-0.1, -0.05) is 0 Å². The van der Waals surface area contributed by atoms with Gasteiger partial charge in [-0.3, -0.25) is 9.48 Å². The van der Waals surface area contributed by atoms with Crippen LogP contribution in [0.25, 0.3) is 11.3 Å². The summed E-state index contributed by atoms with van der Waals surface area (Å²) >= 11 is 0. The van der Waals surface area contributed by atoms with Crippen LogP contribution in [0.5, 0.6) is 0 Å². The zero-order chi connectivity index (χ0) is 25.5. The molecule has 1 aromatic carbocycles. The highest BCUT2D eigenvalue weighted by Gasteiger charge is 2.40. The predicted octanol–water partition coefficient (Wildman–Crippen LogP) is 5.24. The Kier molecular flexibility index (Phi) is 9.53. The normalized spacial score (nSPS) is 14.1. The maximum absolute atomic E-state index is 13.4. The summed E-state index contributed by atoms with van der Waals surface area (Å²) in [5, 5.41) is 12.4. The first-order valence-corrected chi connectivity index (χ1v) is 11.2. The number of carbonyl (C=O) groups excluding carboxylic acids is 1. The summed E-state index contributed by atoms with van der Waals surface area (Å²) in [7, 11) is 2.70. The zero-order valence-corrected chi connectivity index (χ0v) is 22.3. The molecule has 1 amide bonds. The maximum Gasteiger partial charge on any atom is 0.433 e. The second-order valence-corrected chi connectivity index (χ2v) is 8.79. The Balaban J connectivity index is 0.00000241. The van der Waals surface area contributed by atoms with E-state index >= 15 is 0 Å². The summed E-state index contributed by atoms with van der Waals surface area (Å²) < 4.78 is 54.2. The van der Waals surface area contributed by atoms with E-state index in [2.05, 4.69) is 20.2 Å². The van der Waals surface area contributed by atoms with E-state index in [4.69, 9.17) is 0 Å². The fourth-order valence-electron chi connectivity index (χ4n) is 4.53. The molecule has 0 aliphatic carbocycles. The van der Waals surface area contributed by atoms with Gasteiger partial charge in [0.15, 0.2) is 11.5 Å². The fraction of sp³-hybridized carbons (Fsp3) is 0.417. The van der Waals surface area contributed by atoms with E-state index in [0.29, 0.717) is 36.3 Å². The molecule has 1 aliphatic heterocycles. The molecule has 0 unspecified atom stereocenters. The van der Waals surface area contributed by atoms with Gasteiger partial charge in [-0.15, -0.1) is 35.0 Å². The Bertz CT molecular complexity index is 1240. The van der Waals surface area contributed by atoms with Crippen LogP contribution in [0.1, 0.15) is 40.0 Å². The molecule has 0 atom stereocenters. The highest BCUT2D eigenvalue weighted by molar-refractivity contribution is 5.95. The van der Waals surface area contributed by atoms with Crippen LogP contribution in [0.15, 0.2) is 30.5 Å². The van der Waals surface area contributed by atoms with Crippen molar-refractivity contribution in [2.45, 2.75) is 38.9 Å². The van der Waals surface area contributed by atoms with E-state index in [1.807, 2.05) is 13.8 Å². The number of aryl methyl sites for hydroxylation is 1. The van der Waals surface area contributed by atoms with E-state index in [1.54, 1.807) is 12.1 Å². The van der Waals surface area contributed by atoms with Crippen molar-refractivity contribution >= 4 is 36.5 Å². The number of rotatable bonds is 4. The predicted molar refractivity (Wildman–Crippen MR) is 137 cm³/mol. The lowest BCUT2D eigenvalue weighted by atomic mass is 10.0. The summed E-state index contributed by atoms with van der Waals surface area (Å²) in [6.07, 6.45) is -2.55. The Morgan fingerprint density at radius 1 is 1.03 bits per heavy atom. The minimum atomic E-state index is -4.67. The molecule has 2 aromatic heterocycles. The van der Waals surface area contributed by atoms with Gasteiger partial charge in [0.05, 0.1) is 17.5 Å². The molecule has 0 saturated carbocycles. The van der Waals surface area contributed by atoms with Crippen molar-refractivity contribution in [2.75, 3.05) is 25.0 Å². The largest absolute Gasteiger partial charge is 0.433 e. The van der Waals surface area contributed by atoms with Gasteiger partial charge in [-0.05, 0) is 62.1 Å². The standard InChI is InChI=1S/C24H26F4N6O.2ClH/c1-14-15(2)22(31-30-20(14)16-5-7-17(25)8-6-16)34-11-9-18(10-12-34)32(3)23(35)19-13-29-33(4)21(19)24(26,27)28;;/h5-8,13,18H,9-12H2,1-4H3;2*1H. The van der Waals surface area contributed by atoms with E-state index in [-0.39, 0.29) is 36.7 Å². The molecule has 3 aromatic rings. The second kappa shape index (κ2) is 11.6. The first-order valence-electron chi connectivity index (χ1n) is 11.2. The number of carbonyl (C=O) groups is 1. The van der Waals surface area contributed by atoms with Gasteiger partial charge in [0.2, 0.25) is 0 Å². The molecule has 1 saturated heterocycles. The third-order valence-corrected chi connectivity index (χ3v) is 6.69. The van der Waals surface area contributed by atoms with Crippen LogP contribution >= 0.6 is 24.8 Å². The van der Waals surface area contributed by atoms with Crippen LogP contribution < -0.4 is 4.90 Å². The van der Waals surface area contributed by atoms with Gasteiger partial charge in [0, 0.05) is 38.8 Å². The average Bonchev–Trinajstić information content (AvgIpc) is 3.23. The maximum atomic E-state index is 13.4. The lowest BCUT2D eigenvalue weighted by Crippen LogP contribution is -2.46. The van der Waals surface area contributed by atoms with Crippen LogP contribution in [-0.4, -0.2) is 57.0 Å². The van der Waals surface area contributed by atoms with Crippen molar-refractivity contribution in [3.8, 4) is 11.3 Å². The van der Waals surface area contributed by atoms with Crippen LogP contribution in [0, 0.1) is 19.7 Å². The number of nitrogens with zero attached hydrogens (tertiary/aromatic N) is 6. The Morgan fingerprint density at radius 2 is 1.62 bits per heavy atom. The number of halogens is 6. The number of aromatic nitrogens is 4. The average molecular weight is 563 g/mol. The molecule has 13 heteroatoms. The van der Waals surface area contributed by atoms with Crippen molar-refractivity contribution in [3.63, 3.8) is 0 Å². The molecule has 3 heterocycles. The zero-order valence-electron chi connectivity index (χ0n) is 20.7. The van der Waals surface area contributed by atoms with Gasteiger partial charge in [-0.25, -0.2) is 4.39 Å². The molecule has 1 aliphatic rings. The minimum absolute atomic E-state index is 0. The lowest BCUT2D eigenvalue weighted by Gasteiger charge is -2.37. The lowest BCUT2D eigenvalue weighted by molar-refractivity contribution is -0.144. The number of benzene rings is 1. The van der Waals surface area contributed by atoms with Crippen LogP contribution in [-0.2, 0) is 13.2 Å². The van der Waals surface area contributed by atoms with Crippen LogP contribution in [0.2, 0.25) is 0 Å². The molecule has 37 heavy (non-hydrogen) atoms. The van der Waals surface area contributed by atoms with E-state index in [9.17, 15) is 22.4 Å². The number of alkyl halides is 3. The Labute approximate surface area is 224 Å². The van der Waals surface area contributed by atoms with E-state index < -0.39 is 23.3 Å². The number of amides is 1. The quantitative estimate of drug-likeness (QED) is 0.407. The minimum Gasteiger partial charge on any atom is -0.355 e. The molecule has 0 radical (unpaired) electrons. The summed E-state index contributed by atoms with van der Waals surface area (Å²) in [5.41, 5.74) is 1.86. The van der Waals surface area contributed by atoms with Gasteiger partial charge in [-0.2, -0.15) is 18.3 Å². The highest BCUT2D eigenvalue weighted by atomic mass is 35.5. The van der Waals surface area contributed by atoms with Crippen LogP contribution in [0.3, 0.4) is 0 Å². The Morgan fingerprint density at radius 3 is 2.19 bits per heavy atom. The summed E-state index contributed by atoms with van der Waals surface area (Å²) in [4.78, 5) is 16.3. The van der Waals surface area contributed by atoms with Gasteiger partial charge in [0.25, 0.3) is 5.91 Å². The van der Waals surface area contributed by atoms with Crippen molar-refractivity contribution in [1.82, 2.24) is 24.9 Å². The first-order chi connectivity index (χ1) is 16.5. The summed E-state index contributed by atoms with van der Waals surface area (Å²) in [6, 6.07) is 5.87. The molecular formula is C24H28Cl2F4N6O. The van der Waals surface area contributed by atoms with Crippen molar-refractivity contribution in [1.29, 1.82) is 0 Å². The van der Waals surface area contributed by atoms with Crippen molar-refractivity contribution in [2.24, 2.45) is 7.05 Å². The molecule has 0 N–H and O–H groups in total. The summed E-state index contributed by atoms with van der Waals surface area (Å²) in [5.74, 6) is -0.288. The van der Waals surface area contributed by atoms with Gasteiger partial charge in [0.1, 0.15) is 5.82 Å². The molecule has 7 nitrogen and oxygen atoms in total. The van der Waals surface area contributed by atoms with E-state index in [1.165, 1.54) is 31.1 Å². The molecule has 0 spiro atoms. The van der Waals surface area contributed by atoms with Crippen molar-refractivity contribution in [3.05, 3.63) is 58.7 Å². The van der Waals surface area contributed by atoms with Gasteiger partial charge < -0.3 is 9.80 Å². The molecule has 202 valence electrons. The molecule has 1 fully saturated rings. The smallest absolute Gasteiger partial charge is 0.355 e. The second-order valence-electron chi connectivity index (χ2n) is 8.79. The number of hydrogen-bond donors (Lipinski definition) is 0. The molecular weight excluding hydrogens is 535 g/mol. The first kappa shape index (κ1) is 30.3. The number of anilines is 1. The number of piperidine rings is 1. The Hall–Kier alpha value is -2.92. The fourth-order valence-corrected chi connectivity index (χ4v) is 4.53. The topological polar surface area (TPSA) is 67.2 Å². The molecule has 4 rings (SSSR count). The highest BCUT2D eigenvalue weighted by Crippen LogP contribution is 2.33. The third kappa shape index (κ3) is 5.98. The van der Waals surface area contributed by atoms with E-state index in [0.717, 1.165) is 28.7 Å². The van der Waals surface area contributed by atoms with Gasteiger partial charge >= 0.3 is 6.18 Å². The molecule has 0 bridgehead atoms. The van der Waals surface area contributed by atoms with Crippen LogP contribution in [0.4, 0.5) is 23.4 Å². The number of hydrogen-bond acceptors (Lipinski definition) is 5. The SMILES string of the molecule is Cc1c(-c2ccc(F)cc2)nnc(N2CCC(N(C)C(=O)c3cnn(C)c3C(F)(F)F)CC2)c1C.Cl.Cl. The third-order valence-electron chi connectivity index (χ3n) is 6.69.